The van der Waals surface area contributed by atoms with Gasteiger partial charge in [0.25, 0.3) is 5.91 Å². The second-order valence-electron chi connectivity index (χ2n) is 4.44. The lowest BCUT2D eigenvalue weighted by Crippen LogP contribution is -2.48. The fourth-order valence-electron chi connectivity index (χ4n) is 2.10. The summed E-state index contributed by atoms with van der Waals surface area (Å²) in [5.41, 5.74) is 5.45. The lowest BCUT2D eigenvalue weighted by molar-refractivity contribution is -0.0592. The summed E-state index contributed by atoms with van der Waals surface area (Å²) >= 11 is 0. The summed E-state index contributed by atoms with van der Waals surface area (Å²) in [6.07, 6.45) is 0.123. The first-order valence-corrected chi connectivity index (χ1v) is 5.83. The fourth-order valence-corrected chi connectivity index (χ4v) is 2.10. The zero-order valence-electron chi connectivity index (χ0n) is 10.2. The Morgan fingerprint density at radius 1 is 1.41 bits per heavy atom. The van der Waals surface area contributed by atoms with Gasteiger partial charge in [0.1, 0.15) is 5.76 Å². The highest BCUT2D eigenvalue weighted by molar-refractivity contribution is 5.91. The summed E-state index contributed by atoms with van der Waals surface area (Å²) in [5, 5.41) is 0. The van der Waals surface area contributed by atoms with E-state index >= 15 is 0 Å². The number of nitrogens with two attached hydrogens (primary N) is 1. The molecule has 1 aromatic rings. The SMILES string of the molecule is CC1CN(C(=O)c2ccc(CN)o2)CC(C)O1. The Morgan fingerprint density at radius 2 is 2.06 bits per heavy atom. The molecule has 2 N–H and O–H groups in total. The van der Waals surface area contributed by atoms with Gasteiger partial charge in [0, 0.05) is 13.1 Å². The van der Waals surface area contributed by atoms with Crippen LogP contribution >= 0.6 is 0 Å². The molecular formula is C12H18N2O3. The summed E-state index contributed by atoms with van der Waals surface area (Å²) in [5.74, 6) is 0.890. The molecular weight excluding hydrogens is 220 g/mol. The number of nitrogens with zero attached hydrogens (tertiary/aromatic N) is 1. The average Bonchev–Trinajstić information content (AvgIpc) is 2.75. The van der Waals surface area contributed by atoms with Gasteiger partial charge in [0.15, 0.2) is 5.76 Å². The lowest BCUT2D eigenvalue weighted by atomic mass is 10.2. The van der Waals surface area contributed by atoms with Gasteiger partial charge in [-0.15, -0.1) is 0 Å². The van der Waals surface area contributed by atoms with Crippen molar-refractivity contribution in [1.29, 1.82) is 0 Å². The van der Waals surface area contributed by atoms with Crippen molar-refractivity contribution in [3.8, 4) is 0 Å². The van der Waals surface area contributed by atoms with Crippen LogP contribution in [-0.4, -0.2) is 36.1 Å². The molecule has 5 heteroatoms. The van der Waals surface area contributed by atoms with Gasteiger partial charge in [0.2, 0.25) is 0 Å². The third-order valence-electron chi connectivity index (χ3n) is 2.78. The molecule has 1 fully saturated rings. The minimum absolute atomic E-state index is 0.0617. The van der Waals surface area contributed by atoms with E-state index < -0.39 is 0 Å². The topological polar surface area (TPSA) is 68.7 Å². The molecule has 94 valence electrons. The minimum atomic E-state index is -0.0910. The summed E-state index contributed by atoms with van der Waals surface area (Å²) < 4.78 is 10.9. The quantitative estimate of drug-likeness (QED) is 0.834. The van der Waals surface area contributed by atoms with Crippen molar-refractivity contribution >= 4 is 5.91 Å². The van der Waals surface area contributed by atoms with Crippen LogP contribution in [0.1, 0.15) is 30.2 Å². The second kappa shape index (κ2) is 4.89. The number of furan rings is 1. The van der Waals surface area contributed by atoms with Crippen molar-refractivity contribution in [3.05, 3.63) is 23.7 Å². The van der Waals surface area contributed by atoms with Gasteiger partial charge in [-0.25, -0.2) is 0 Å². The zero-order valence-corrected chi connectivity index (χ0v) is 10.2. The molecule has 2 heterocycles. The molecule has 1 aromatic heterocycles. The van der Waals surface area contributed by atoms with E-state index in [2.05, 4.69) is 0 Å². The van der Waals surface area contributed by atoms with E-state index in [9.17, 15) is 4.79 Å². The van der Waals surface area contributed by atoms with Crippen LogP contribution in [0.15, 0.2) is 16.5 Å². The molecule has 0 aromatic carbocycles. The minimum Gasteiger partial charge on any atom is -0.455 e. The van der Waals surface area contributed by atoms with E-state index in [1.54, 1.807) is 17.0 Å². The number of ether oxygens (including phenoxy) is 1. The first-order chi connectivity index (χ1) is 8.10. The van der Waals surface area contributed by atoms with Crippen LogP contribution in [0.25, 0.3) is 0 Å². The zero-order chi connectivity index (χ0) is 12.4. The number of morpholine rings is 1. The smallest absolute Gasteiger partial charge is 0.289 e. The van der Waals surface area contributed by atoms with Gasteiger partial charge in [-0.1, -0.05) is 0 Å². The molecule has 0 aliphatic carbocycles. The van der Waals surface area contributed by atoms with Gasteiger partial charge < -0.3 is 19.8 Å². The van der Waals surface area contributed by atoms with Crippen LogP contribution in [0.3, 0.4) is 0 Å². The molecule has 2 unspecified atom stereocenters. The molecule has 1 amide bonds. The van der Waals surface area contributed by atoms with Crippen LogP contribution in [0.5, 0.6) is 0 Å². The van der Waals surface area contributed by atoms with E-state index in [-0.39, 0.29) is 18.1 Å². The van der Waals surface area contributed by atoms with Crippen LogP contribution in [0.2, 0.25) is 0 Å². The molecule has 2 rings (SSSR count). The van der Waals surface area contributed by atoms with Crippen molar-refractivity contribution in [1.82, 2.24) is 4.90 Å². The monoisotopic (exact) mass is 238 g/mol. The molecule has 0 radical (unpaired) electrons. The molecule has 1 aliphatic heterocycles. The van der Waals surface area contributed by atoms with Gasteiger partial charge in [-0.3, -0.25) is 4.79 Å². The number of amides is 1. The van der Waals surface area contributed by atoms with E-state index in [0.29, 0.717) is 31.2 Å². The number of rotatable bonds is 2. The Kier molecular flexibility index (Phi) is 3.49. The van der Waals surface area contributed by atoms with Crippen molar-refractivity contribution in [2.45, 2.75) is 32.6 Å². The summed E-state index contributed by atoms with van der Waals surface area (Å²) in [6, 6.07) is 3.41. The predicted octanol–water partition coefficient (Wildman–Crippen LogP) is 0.988. The molecule has 0 spiro atoms. The Hall–Kier alpha value is -1.33. The van der Waals surface area contributed by atoms with E-state index in [1.165, 1.54) is 0 Å². The van der Waals surface area contributed by atoms with Crippen LogP contribution in [0.4, 0.5) is 0 Å². The molecule has 0 saturated carbocycles. The van der Waals surface area contributed by atoms with Crippen LogP contribution < -0.4 is 5.73 Å². The fraction of sp³-hybridized carbons (Fsp3) is 0.583. The first kappa shape index (κ1) is 12.1. The first-order valence-electron chi connectivity index (χ1n) is 5.83. The normalized spacial score (nSPS) is 25.0. The largest absolute Gasteiger partial charge is 0.455 e. The predicted molar refractivity (Wildman–Crippen MR) is 62.5 cm³/mol. The highest BCUT2D eigenvalue weighted by Crippen LogP contribution is 2.16. The number of carbonyl (C=O) groups excluding carboxylic acids is 1. The van der Waals surface area contributed by atoms with Crippen molar-refractivity contribution < 1.29 is 13.9 Å². The van der Waals surface area contributed by atoms with Crippen molar-refractivity contribution in [2.75, 3.05) is 13.1 Å². The number of hydrogen-bond acceptors (Lipinski definition) is 4. The average molecular weight is 238 g/mol. The lowest BCUT2D eigenvalue weighted by Gasteiger charge is -2.34. The van der Waals surface area contributed by atoms with Gasteiger partial charge in [-0.05, 0) is 26.0 Å². The van der Waals surface area contributed by atoms with Gasteiger partial charge in [-0.2, -0.15) is 0 Å². The third-order valence-corrected chi connectivity index (χ3v) is 2.78. The molecule has 2 atom stereocenters. The molecule has 17 heavy (non-hydrogen) atoms. The molecule has 0 bridgehead atoms. The Bertz CT molecular complexity index is 392. The number of carbonyl (C=O) groups is 1. The van der Waals surface area contributed by atoms with Crippen molar-refractivity contribution in [2.24, 2.45) is 5.73 Å². The van der Waals surface area contributed by atoms with E-state index in [4.69, 9.17) is 14.9 Å². The summed E-state index contributed by atoms with van der Waals surface area (Å²) in [4.78, 5) is 13.9. The summed E-state index contributed by atoms with van der Waals surface area (Å²) in [6.45, 7) is 5.43. The standard InChI is InChI=1S/C12H18N2O3/c1-8-6-14(7-9(2)16-8)12(15)11-4-3-10(5-13)17-11/h3-4,8-9H,5-7,13H2,1-2H3. The highest BCUT2D eigenvalue weighted by Gasteiger charge is 2.28. The second-order valence-corrected chi connectivity index (χ2v) is 4.44. The molecule has 1 aliphatic rings. The van der Waals surface area contributed by atoms with E-state index in [1.807, 2.05) is 13.8 Å². The number of hydrogen-bond donors (Lipinski definition) is 1. The van der Waals surface area contributed by atoms with Crippen LogP contribution in [-0.2, 0) is 11.3 Å². The molecule has 5 nitrogen and oxygen atoms in total. The third kappa shape index (κ3) is 2.68. The Balaban J connectivity index is 2.08. The maximum atomic E-state index is 12.2. The van der Waals surface area contributed by atoms with Gasteiger partial charge in [0.05, 0.1) is 18.8 Å². The molecule has 1 saturated heterocycles. The Morgan fingerprint density at radius 3 is 2.59 bits per heavy atom. The maximum Gasteiger partial charge on any atom is 0.289 e. The van der Waals surface area contributed by atoms with Gasteiger partial charge >= 0.3 is 0 Å². The Labute approximate surface area is 101 Å². The van der Waals surface area contributed by atoms with Crippen molar-refractivity contribution in [3.63, 3.8) is 0 Å². The summed E-state index contributed by atoms with van der Waals surface area (Å²) in [7, 11) is 0. The highest BCUT2D eigenvalue weighted by atomic mass is 16.5. The van der Waals surface area contributed by atoms with Crippen LogP contribution in [0, 0.1) is 0 Å². The van der Waals surface area contributed by atoms with E-state index in [0.717, 1.165) is 0 Å². The maximum absolute atomic E-state index is 12.2.